The lowest BCUT2D eigenvalue weighted by molar-refractivity contribution is -0.137. The van der Waals surface area contributed by atoms with Crippen molar-refractivity contribution in [1.29, 1.82) is 5.26 Å². The van der Waals surface area contributed by atoms with Gasteiger partial charge in [0.1, 0.15) is 17.9 Å². The van der Waals surface area contributed by atoms with Gasteiger partial charge in [0.15, 0.2) is 0 Å². The molecule has 1 fully saturated rings. The summed E-state index contributed by atoms with van der Waals surface area (Å²) in [7, 11) is 1.72. The number of nitriles is 1. The number of hydrogen-bond donors (Lipinski definition) is 2. The first kappa shape index (κ1) is 19.6. The van der Waals surface area contributed by atoms with Gasteiger partial charge in [0, 0.05) is 24.6 Å². The van der Waals surface area contributed by atoms with Gasteiger partial charge in [-0.05, 0) is 49.6 Å². The van der Waals surface area contributed by atoms with Crippen LogP contribution in [0.1, 0.15) is 52.9 Å². The second-order valence-corrected chi connectivity index (χ2v) is 7.57. The molecule has 1 saturated heterocycles. The van der Waals surface area contributed by atoms with Crippen LogP contribution in [0.4, 0.5) is 5.82 Å². The van der Waals surface area contributed by atoms with Crippen LogP contribution in [0.3, 0.4) is 0 Å². The quantitative estimate of drug-likeness (QED) is 0.760. The Bertz CT molecular complexity index is 1130. The highest BCUT2D eigenvalue weighted by Crippen LogP contribution is 2.38. The van der Waals surface area contributed by atoms with Gasteiger partial charge in [0.25, 0.3) is 5.91 Å². The molecule has 2 aliphatic rings. The van der Waals surface area contributed by atoms with Crippen LogP contribution in [-0.2, 0) is 9.59 Å². The van der Waals surface area contributed by atoms with Crippen LogP contribution in [-0.4, -0.2) is 40.7 Å². The lowest BCUT2D eigenvalue weighted by atomic mass is 9.98. The summed E-state index contributed by atoms with van der Waals surface area (Å²) in [4.78, 5) is 42.9. The number of aromatic nitrogens is 1. The lowest BCUT2D eigenvalue weighted by Crippen LogP contribution is -2.53. The van der Waals surface area contributed by atoms with Gasteiger partial charge in [-0.1, -0.05) is 6.07 Å². The third-order valence-electron chi connectivity index (χ3n) is 5.79. The number of pyridine rings is 1. The minimum atomic E-state index is -0.660. The number of hydrogen-bond acceptors (Lipinski definition) is 6. The minimum Gasteiger partial charge on any atom is -0.372 e. The highest BCUT2D eigenvalue weighted by atomic mass is 16.2. The lowest BCUT2D eigenvalue weighted by Gasteiger charge is -2.32. The molecule has 1 aromatic heterocycles. The molecule has 2 aromatic rings. The normalized spacial score (nSPS) is 20.6. The summed E-state index contributed by atoms with van der Waals surface area (Å²) in [6, 6.07) is 8.53. The van der Waals surface area contributed by atoms with E-state index in [9.17, 15) is 19.6 Å². The first-order valence-corrected chi connectivity index (χ1v) is 9.76. The van der Waals surface area contributed by atoms with Crippen molar-refractivity contribution >= 4 is 23.5 Å². The van der Waals surface area contributed by atoms with E-state index in [-0.39, 0.29) is 24.3 Å². The predicted octanol–water partition coefficient (Wildman–Crippen LogP) is 2.29. The van der Waals surface area contributed by atoms with Crippen LogP contribution in [0.5, 0.6) is 0 Å². The number of amides is 3. The standard InChI is InChI=1S/C22H21N5O3/c1-11-8-17(25-20(24-3)16(11)10-23)13-4-5-14-15(9-13)12(2)27(22(14)30)18-6-7-19(28)26-21(18)29/h4-5,8-9,12,18H,6-7H2,1-3H3,(H,24,25)(H,26,28,29)/t12-,18?/m0/s1. The Kier molecular flexibility index (Phi) is 4.74. The van der Waals surface area contributed by atoms with Crippen molar-refractivity contribution in [2.45, 2.75) is 38.8 Å². The van der Waals surface area contributed by atoms with E-state index >= 15 is 0 Å². The van der Waals surface area contributed by atoms with E-state index in [1.165, 1.54) is 0 Å². The van der Waals surface area contributed by atoms with E-state index in [1.807, 2.05) is 32.0 Å². The second kappa shape index (κ2) is 7.26. The van der Waals surface area contributed by atoms with E-state index in [1.54, 1.807) is 18.0 Å². The Labute approximate surface area is 173 Å². The van der Waals surface area contributed by atoms with Gasteiger partial charge in [-0.3, -0.25) is 19.7 Å². The van der Waals surface area contributed by atoms with Crippen molar-refractivity contribution in [2.24, 2.45) is 0 Å². The molecular weight excluding hydrogens is 382 g/mol. The molecule has 0 aliphatic carbocycles. The molecular formula is C22H21N5O3. The number of benzene rings is 1. The van der Waals surface area contributed by atoms with Crippen molar-refractivity contribution in [1.82, 2.24) is 15.2 Å². The first-order chi connectivity index (χ1) is 14.3. The molecule has 0 radical (unpaired) electrons. The number of nitrogens with zero attached hydrogens (tertiary/aromatic N) is 3. The van der Waals surface area contributed by atoms with Crippen LogP contribution in [0.15, 0.2) is 24.3 Å². The van der Waals surface area contributed by atoms with Gasteiger partial charge in [0.2, 0.25) is 11.8 Å². The number of fused-ring (bicyclic) bond motifs is 1. The molecule has 0 spiro atoms. The molecule has 4 rings (SSSR count). The van der Waals surface area contributed by atoms with Crippen molar-refractivity contribution in [3.05, 3.63) is 46.5 Å². The largest absolute Gasteiger partial charge is 0.372 e. The summed E-state index contributed by atoms with van der Waals surface area (Å²) in [6.07, 6.45) is 0.541. The molecule has 0 saturated carbocycles. The number of imide groups is 1. The van der Waals surface area contributed by atoms with Crippen LogP contribution in [0.2, 0.25) is 0 Å². The Hall–Kier alpha value is -3.73. The highest BCUT2D eigenvalue weighted by molar-refractivity contribution is 6.06. The van der Waals surface area contributed by atoms with E-state index in [2.05, 4.69) is 21.7 Å². The van der Waals surface area contributed by atoms with Gasteiger partial charge >= 0.3 is 0 Å². The summed E-state index contributed by atoms with van der Waals surface area (Å²) in [6.45, 7) is 3.74. The topological polar surface area (TPSA) is 115 Å². The number of rotatable bonds is 3. The number of piperidine rings is 1. The summed E-state index contributed by atoms with van der Waals surface area (Å²) in [5.41, 5.74) is 4.18. The van der Waals surface area contributed by atoms with E-state index in [0.717, 1.165) is 16.7 Å². The Morgan fingerprint density at radius 3 is 2.70 bits per heavy atom. The Balaban J connectivity index is 1.72. The molecule has 2 N–H and O–H groups in total. The Morgan fingerprint density at radius 2 is 2.03 bits per heavy atom. The average molecular weight is 403 g/mol. The molecule has 1 aromatic carbocycles. The molecule has 3 heterocycles. The van der Waals surface area contributed by atoms with Crippen LogP contribution in [0.25, 0.3) is 11.3 Å². The number of anilines is 1. The molecule has 30 heavy (non-hydrogen) atoms. The van der Waals surface area contributed by atoms with Crippen molar-refractivity contribution in [3.63, 3.8) is 0 Å². The average Bonchev–Trinajstić information content (AvgIpc) is 2.97. The van der Waals surface area contributed by atoms with Gasteiger partial charge in [0.05, 0.1) is 17.3 Å². The number of carbonyl (C=O) groups is 3. The fourth-order valence-electron chi connectivity index (χ4n) is 4.23. The maximum absolute atomic E-state index is 13.0. The van der Waals surface area contributed by atoms with Crippen LogP contribution < -0.4 is 10.6 Å². The predicted molar refractivity (Wildman–Crippen MR) is 109 cm³/mol. The molecule has 3 amide bonds. The second-order valence-electron chi connectivity index (χ2n) is 7.57. The van der Waals surface area contributed by atoms with E-state index < -0.39 is 11.9 Å². The van der Waals surface area contributed by atoms with Crippen LogP contribution >= 0.6 is 0 Å². The van der Waals surface area contributed by atoms with E-state index in [4.69, 9.17) is 0 Å². The SMILES string of the molecule is CNc1nc(-c2ccc3c(c2)[C@H](C)N(C2CCC(=O)NC2=O)C3=O)cc(C)c1C#N. The van der Waals surface area contributed by atoms with Gasteiger partial charge in [-0.2, -0.15) is 5.26 Å². The maximum atomic E-state index is 13.0. The van der Waals surface area contributed by atoms with Gasteiger partial charge < -0.3 is 10.2 Å². The summed E-state index contributed by atoms with van der Waals surface area (Å²) in [5.74, 6) is -0.443. The van der Waals surface area contributed by atoms with Crippen molar-refractivity contribution in [2.75, 3.05) is 12.4 Å². The zero-order valence-electron chi connectivity index (χ0n) is 16.9. The monoisotopic (exact) mass is 403 g/mol. The van der Waals surface area contributed by atoms with Crippen LogP contribution in [0, 0.1) is 18.3 Å². The third-order valence-corrected chi connectivity index (χ3v) is 5.79. The fraction of sp³-hybridized carbons (Fsp3) is 0.318. The number of aryl methyl sites for hydroxylation is 1. The summed E-state index contributed by atoms with van der Waals surface area (Å²) < 4.78 is 0. The van der Waals surface area contributed by atoms with Crippen molar-refractivity contribution in [3.8, 4) is 17.3 Å². The summed E-state index contributed by atoms with van der Waals surface area (Å²) >= 11 is 0. The molecule has 8 heteroatoms. The van der Waals surface area contributed by atoms with Gasteiger partial charge in [-0.25, -0.2) is 4.98 Å². The van der Waals surface area contributed by atoms with E-state index in [0.29, 0.717) is 29.1 Å². The van der Waals surface area contributed by atoms with Crippen molar-refractivity contribution < 1.29 is 14.4 Å². The maximum Gasteiger partial charge on any atom is 0.255 e. The zero-order chi connectivity index (χ0) is 21.6. The summed E-state index contributed by atoms with van der Waals surface area (Å²) in [5, 5.41) is 14.6. The molecule has 2 aliphatic heterocycles. The number of nitrogens with one attached hydrogen (secondary N) is 2. The zero-order valence-corrected chi connectivity index (χ0v) is 16.9. The smallest absolute Gasteiger partial charge is 0.255 e. The molecule has 8 nitrogen and oxygen atoms in total. The Morgan fingerprint density at radius 1 is 1.27 bits per heavy atom. The highest BCUT2D eigenvalue weighted by Gasteiger charge is 2.43. The first-order valence-electron chi connectivity index (χ1n) is 9.76. The van der Waals surface area contributed by atoms with Gasteiger partial charge in [-0.15, -0.1) is 0 Å². The molecule has 1 unspecified atom stereocenters. The molecule has 2 atom stereocenters. The number of carbonyl (C=O) groups excluding carboxylic acids is 3. The third kappa shape index (κ3) is 2.99. The molecule has 152 valence electrons. The molecule has 0 bridgehead atoms. The minimum absolute atomic E-state index is 0.210. The fourth-order valence-corrected chi connectivity index (χ4v) is 4.23.